The highest BCUT2D eigenvalue weighted by Crippen LogP contribution is 2.28. The first-order chi connectivity index (χ1) is 12.7. The third kappa shape index (κ3) is 4.40. The molecule has 0 radical (unpaired) electrons. The Morgan fingerprint density at radius 3 is 2.29 bits per heavy atom. The molecule has 0 aliphatic carbocycles. The number of cyclic esters (lactones) is 1. The summed E-state index contributed by atoms with van der Waals surface area (Å²) in [6, 6.07) is 5.60. The summed E-state index contributed by atoms with van der Waals surface area (Å²) in [4.78, 5) is 51.4. The standard InChI is InChI=1S/C21H28N2O5/c1-12-8-9-13(2)15(10-12)22-17(25)14(16(24)20(3,4)5)11-23-18(26)21(6,7)28-19(23)27/h8-10,14H,11H2,1-7H3,(H,22,25). The molecule has 1 heterocycles. The van der Waals surface area contributed by atoms with Gasteiger partial charge in [0.1, 0.15) is 5.92 Å². The Bertz CT molecular complexity index is 836. The second-order valence-corrected chi connectivity index (χ2v) is 8.77. The number of Topliss-reactive ketones (excluding diaryl/α,β-unsaturated/α-hetero) is 1. The van der Waals surface area contributed by atoms with Crippen LogP contribution >= 0.6 is 0 Å². The van der Waals surface area contributed by atoms with E-state index in [0.717, 1.165) is 16.0 Å². The van der Waals surface area contributed by atoms with Crippen LogP contribution in [0.25, 0.3) is 0 Å². The van der Waals surface area contributed by atoms with Gasteiger partial charge in [0.2, 0.25) is 5.91 Å². The number of nitrogens with one attached hydrogen (secondary N) is 1. The van der Waals surface area contributed by atoms with Gasteiger partial charge < -0.3 is 10.1 Å². The van der Waals surface area contributed by atoms with Gasteiger partial charge in [-0.2, -0.15) is 0 Å². The maximum Gasteiger partial charge on any atom is 0.417 e. The zero-order valence-electron chi connectivity index (χ0n) is 17.5. The van der Waals surface area contributed by atoms with Crippen molar-refractivity contribution in [1.29, 1.82) is 0 Å². The number of anilines is 1. The molecule has 1 aliphatic rings. The molecule has 7 heteroatoms. The number of ketones is 1. The predicted molar refractivity (Wildman–Crippen MR) is 105 cm³/mol. The van der Waals surface area contributed by atoms with E-state index in [1.807, 2.05) is 32.0 Å². The molecule has 7 nitrogen and oxygen atoms in total. The molecule has 0 spiro atoms. The molecule has 1 N–H and O–H groups in total. The van der Waals surface area contributed by atoms with E-state index in [9.17, 15) is 19.2 Å². The van der Waals surface area contributed by atoms with Crippen molar-refractivity contribution in [2.75, 3.05) is 11.9 Å². The Morgan fingerprint density at radius 2 is 1.79 bits per heavy atom. The van der Waals surface area contributed by atoms with E-state index in [1.165, 1.54) is 13.8 Å². The molecule has 28 heavy (non-hydrogen) atoms. The maximum atomic E-state index is 13.0. The Hall–Kier alpha value is -2.70. The minimum atomic E-state index is -1.31. The minimum Gasteiger partial charge on any atom is -0.433 e. The molecular weight excluding hydrogens is 360 g/mol. The second kappa shape index (κ2) is 7.37. The van der Waals surface area contributed by atoms with Crippen LogP contribution in [0.5, 0.6) is 0 Å². The van der Waals surface area contributed by atoms with Gasteiger partial charge in [-0.15, -0.1) is 0 Å². The lowest BCUT2D eigenvalue weighted by molar-refractivity contribution is -0.139. The highest BCUT2D eigenvalue weighted by Gasteiger charge is 2.49. The summed E-state index contributed by atoms with van der Waals surface area (Å²) in [5, 5.41) is 2.78. The zero-order chi connectivity index (χ0) is 21.4. The predicted octanol–water partition coefficient (Wildman–Crippen LogP) is 3.23. The van der Waals surface area contributed by atoms with E-state index >= 15 is 0 Å². The quantitative estimate of drug-likeness (QED) is 0.782. The minimum absolute atomic E-state index is 0.353. The van der Waals surface area contributed by atoms with Crippen molar-refractivity contribution in [2.24, 2.45) is 11.3 Å². The topological polar surface area (TPSA) is 92.8 Å². The van der Waals surface area contributed by atoms with Crippen LogP contribution in [-0.4, -0.2) is 40.7 Å². The molecule has 0 bridgehead atoms. The molecule has 1 aromatic carbocycles. The number of nitrogens with zero attached hydrogens (tertiary/aromatic N) is 1. The van der Waals surface area contributed by atoms with Crippen LogP contribution in [0.1, 0.15) is 45.7 Å². The molecule has 0 aromatic heterocycles. The largest absolute Gasteiger partial charge is 0.433 e. The van der Waals surface area contributed by atoms with Gasteiger partial charge in [-0.1, -0.05) is 32.9 Å². The molecule has 2 rings (SSSR count). The number of aryl methyl sites for hydroxylation is 2. The molecule has 3 amide bonds. The fourth-order valence-corrected chi connectivity index (χ4v) is 2.96. The lowest BCUT2D eigenvalue weighted by Crippen LogP contribution is -2.47. The average Bonchev–Trinajstić information content (AvgIpc) is 2.75. The normalized spacial score (nSPS) is 17.3. The summed E-state index contributed by atoms with van der Waals surface area (Å²) in [6.45, 7) is 11.4. The first-order valence-corrected chi connectivity index (χ1v) is 9.21. The summed E-state index contributed by atoms with van der Waals surface area (Å²) in [5.41, 5.74) is 0.257. The van der Waals surface area contributed by atoms with Gasteiger partial charge in [-0.3, -0.25) is 14.4 Å². The number of hydrogen-bond donors (Lipinski definition) is 1. The lowest BCUT2D eigenvalue weighted by Gasteiger charge is -2.26. The number of amides is 3. The summed E-state index contributed by atoms with van der Waals surface area (Å²) >= 11 is 0. The van der Waals surface area contributed by atoms with Crippen molar-refractivity contribution in [3.8, 4) is 0 Å². The number of benzene rings is 1. The maximum absolute atomic E-state index is 13.0. The monoisotopic (exact) mass is 388 g/mol. The highest BCUT2D eigenvalue weighted by molar-refractivity contribution is 6.10. The molecule has 152 valence electrons. The van der Waals surface area contributed by atoms with Gasteiger partial charge in [0.25, 0.3) is 5.91 Å². The molecule has 1 aromatic rings. The number of ether oxygens (including phenoxy) is 1. The fourth-order valence-electron chi connectivity index (χ4n) is 2.96. The number of carbonyl (C=O) groups is 4. The van der Waals surface area contributed by atoms with E-state index < -0.39 is 34.8 Å². The van der Waals surface area contributed by atoms with Crippen molar-refractivity contribution in [2.45, 2.75) is 54.1 Å². The van der Waals surface area contributed by atoms with Crippen molar-refractivity contribution in [3.05, 3.63) is 29.3 Å². The van der Waals surface area contributed by atoms with Crippen LogP contribution in [0.3, 0.4) is 0 Å². The van der Waals surface area contributed by atoms with Crippen LogP contribution in [0.4, 0.5) is 10.5 Å². The molecule has 1 aliphatic heterocycles. The summed E-state index contributed by atoms with van der Waals surface area (Å²) in [6.07, 6.45) is -0.846. The molecule has 1 fully saturated rings. The number of imide groups is 1. The van der Waals surface area contributed by atoms with Gasteiger partial charge in [0.05, 0.1) is 6.54 Å². The van der Waals surface area contributed by atoms with Crippen LogP contribution in [0.2, 0.25) is 0 Å². The van der Waals surface area contributed by atoms with Gasteiger partial charge in [-0.05, 0) is 44.9 Å². The second-order valence-electron chi connectivity index (χ2n) is 8.77. The Kier molecular flexibility index (Phi) is 5.69. The molecule has 1 unspecified atom stereocenters. The van der Waals surface area contributed by atoms with Gasteiger partial charge in [0.15, 0.2) is 11.4 Å². The van der Waals surface area contributed by atoms with Crippen LogP contribution in [-0.2, 0) is 19.1 Å². The van der Waals surface area contributed by atoms with E-state index in [2.05, 4.69) is 5.32 Å². The smallest absolute Gasteiger partial charge is 0.417 e. The SMILES string of the molecule is Cc1ccc(C)c(NC(=O)C(CN2C(=O)OC(C)(C)C2=O)C(=O)C(C)(C)C)c1. The van der Waals surface area contributed by atoms with E-state index in [-0.39, 0.29) is 12.3 Å². The Labute approximate surface area is 165 Å². The molecule has 0 saturated carbocycles. The van der Waals surface area contributed by atoms with Gasteiger partial charge >= 0.3 is 6.09 Å². The molecule has 1 atom stereocenters. The molecular formula is C21H28N2O5. The third-order valence-corrected chi connectivity index (χ3v) is 4.71. The van der Waals surface area contributed by atoms with E-state index in [4.69, 9.17) is 4.74 Å². The van der Waals surface area contributed by atoms with E-state index in [0.29, 0.717) is 5.69 Å². The summed E-state index contributed by atoms with van der Waals surface area (Å²) in [5.74, 6) is -2.69. The van der Waals surface area contributed by atoms with E-state index in [1.54, 1.807) is 20.8 Å². The van der Waals surface area contributed by atoms with Gasteiger partial charge in [0, 0.05) is 11.1 Å². The van der Waals surface area contributed by atoms with Gasteiger partial charge in [-0.25, -0.2) is 9.69 Å². The first-order valence-electron chi connectivity index (χ1n) is 9.21. The van der Waals surface area contributed by atoms with Crippen LogP contribution in [0, 0.1) is 25.2 Å². The number of hydrogen-bond acceptors (Lipinski definition) is 5. The Balaban J connectivity index is 2.33. The first kappa shape index (κ1) is 21.6. The average molecular weight is 388 g/mol. The van der Waals surface area contributed by atoms with Crippen LogP contribution in [0.15, 0.2) is 18.2 Å². The lowest BCUT2D eigenvalue weighted by atomic mass is 9.82. The zero-order valence-corrected chi connectivity index (χ0v) is 17.5. The number of rotatable bonds is 5. The number of carbonyl (C=O) groups excluding carboxylic acids is 4. The summed E-state index contributed by atoms with van der Waals surface area (Å²) in [7, 11) is 0. The third-order valence-electron chi connectivity index (χ3n) is 4.71. The van der Waals surface area contributed by atoms with Crippen LogP contribution < -0.4 is 5.32 Å². The highest BCUT2D eigenvalue weighted by atomic mass is 16.6. The van der Waals surface area contributed by atoms with Crippen molar-refractivity contribution < 1.29 is 23.9 Å². The van der Waals surface area contributed by atoms with Crippen molar-refractivity contribution >= 4 is 29.4 Å². The summed E-state index contributed by atoms with van der Waals surface area (Å²) < 4.78 is 5.07. The Morgan fingerprint density at radius 1 is 1.18 bits per heavy atom. The molecule has 1 saturated heterocycles. The fraction of sp³-hybridized carbons (Fsp3) is 0.524. The van der Waals surface area contributed by atoms with Crippen molar-refractivity contribution in [3.63, 3.8) is 0 Å². The van der Waals surface area contributed by atoms with Crippen molar-refractivity contribution in [1.82, 2.24) is 4.90 Å².